The molecule has 1 saturated carbocycles. The summed E-state index contributed by atoms with van der Waals surface area (Å²) in [6.45, 7) is 5.62. The molecular weight excluding hydrogens is 318 g/mol. The lowest BCUT2D eigenvalue weighted by Gasteiger charge is -2.37. The molecular formula is C19H25N3O3. The quantitative estimate of drug-likeness (QED) is 0.898. The smallest absolute Gasteiger partial charge is 0.322 e. The molecule has 2 atom stereocenters. The summed E-state index contributed by atoms with van der Waals surface area (Å²) in [4.78, 5) is 28.0. The number of carbonyl (C=O) groups is 2. The first-order valence-electron chi connectivity index (χ1n) is 9.13. The van der Waals surface area contributed by atoms with Gasteiger partial charge in [0.2, 0.25) is 5.91 Å². The number of nitrogens with one attached hydrogen (secondary N) is 1. The first-order valence-corrected chi connectivity index (χ1v) is 9.13. The van der Waals surface area contributed by atoms with Gasteiger partial charge in [0.1, 0.15) is 0 Å². The highest BCUT2D eigenvalue weighted by Gasteiger charge is 2.38. The molecule has 0 aromatic heterocycles. The van der Waals surface area contributed by atoms with Gasteiger partial charge in [0.15, 0.2) is 0 Å². The van der Waals surface area contributed by atoms with Crippen LogP contribution in [0.2, 0.25) is 0 Å². The van der Waals surface area contributed by atoms with Gasteiger partial charge in [-0.05, 0) is 55.9 Å². The molecule has 25 heavy (non-hydrogen) atoms. The Kier molecular flexibility index (Phi) is 4.15. The number of urea groups is 1. The molecule has 2 aliphatic heterocycles. The average Bonchev–Trinajstić information content (AvgIpc) is 3.33. The van der Waals surface area contributed by atoms with Crippen molar-refractivity contribution in [2.24, 2.45) is 5.92 Å². The Morgan fingerprint density at radius 3 is 2.76 bits per heavy atom. The summed E-state index contributed by atoms with van der Waals surface area (Å²) in [6, 6.07) is 5.72. The Labute approximate surface area is 148 Å². The average molecular weight is 343 g/mol. The van der Waals surface area contributed by atoms with Crippen LogP contribution in [0.4, 0.5) is 16.2 Å². The van der Waals surface area contributed by atoms with Crippen LogP contribution >= 0.6 is 0 Å². The maximum Gasteiger partial charge on any atom is 0.322 e. The van der Waals surface area contributed by atoms with Gasteiger partial charge >= 0.3 is 6.03 Å². The van der Waals surface area contributed by atoms with Gasteiger partial charge in [-0.25, -0.2) is 4.79 Å². The van der Waals surface area contributed by atoms with Crippen LogP contribution in [-0.4, -0.2) is 48.7 Å². The van der Waals surface area contributed by atoms with E-state index >= 15 is 0 Å². The largest absolute Gasteiger partial charge is 0.371 e. The highest BCUT2D eigenvalue weighted by molar-refractivity contribution is 5.95. The third-order valence-corrected chi connectivity index (χ3v) is 5.33. The Hall–Kier alpha value is -2.08. The molecule has 1 N–H and O–H groups in total. The van der Waals surface area contributed by atoms with Crippen LogP contribution in [0.15, 0.2) is 18.2 Å². The molecule has 6 heteroatoms. The number of benzene rings is 1. The van der Waals surface area contributed by atoms with Gasteiger partial charge in [0.05, 0.1) is 12.2 Å². The summed E-state index contributed by atoms with van der Waals surface area (Å²) < 4.78 is 5.98. The predicted octanol–water partition coefficient (Wildman–Crippen LogP) is 2.63. The molecule has 0 radical (unpaired) electrons. The van der Waals surface area contributed by atoms with Crippen LogP contribution < -0.4 is 10.2 Å². The SMILES string of the molecule is CC(=O)N1CCc2cc(NC(=O)N3C[C@@H](C)O[C@H](C4CC4)C3)ccc21. The number of morpholine rings is 1. The molecule has 1 aliphatic carbocycles. The van der Waals surface area contributed by atoms with Gasteiger partial charge in [-0.15, -0.1) is 0 Å². The molecule has 2 heterocycles. The minimum atomic E-state index is -0.0674. The number of fused-ring (bicyclic) bond motifs is 1. The highest BCUT2D eigenvalue weighted by Crippen LogP contribution is 2.37. The Morgan fingerprint density at radius 2 is 2.04 bits per heavy atom. The number of amides is 3. The van der Waals surface area contributed by atoms with Gasteiger partial charge in [0, 0.05) is 37.9 Å². The second kappa shape index (κ2) is 6.33. The standard InChI is InChI=1S/C19H25N3O3/c1-12-10-21(11-18(25-12)14-3-4-14)19(24)20-16-5-6-17-15(9-16)7-8-22(17)13(2)23/h5-6,9,12,14,18H,3-4,7-8,10-11H2,1-2H3,(H,20,24)/t12-,18+/m1/s1. The second-order valence-corrected chi connectivity index (χ2v) is 7.42. The highest BCUT2D eigenvalue weighted by atomic mass is 16.5. The summed E-state index contributed by atoms with van der Waals surface area (Å²) in [5, 5.41) is 3.01. The van der Waals surface area contributed by atoms with E-state index in [-0.39, 0.29) is 24.1 Å². The van der Waals surface area contributed by atoms with Crippen molar-refractivity contribution >= 4 is 23.3 Å². The van der Waals surface area contributed by atoms with E-state index in [0.29, 0.717) is 25.6 Å². The van der Waals surface area contributed by atoms with Crippen molar-refractivity contribution in [1.82, 2.24) is 4.90 Å². The monoisotopic (exact) mass is 343 g/mol. The molecule has 2 fully saturated rings. The lowest BCUT2D eigenvalue weighted by atomic mass is 10.1. The second-order valence-electron chi connectivity index (χ2n) is 7.42. The number of hydrogen-bond acceptors (Lipinski definition) is 3. The van der Waals surface area contributed by atoms with Crippen molar-refractivity contribution in [1.29, 1.82) is 0 Å². The van der Waals surface area contributed by atoms with E-state index in [2.05, 4.69) is 5.32 Å². The van der Waals surface area contributed by atoms with E-state index in [4.69, 9.17) is 4.74 Å². The molecule has 1 aromatic rings. The topological polar surface area (TPSA) is 61.9 Å². The lowest BCUT2D eigenvalue weighted by Crippen LogP contribution is -2.51. The fourth-order valence-electron chi connectivity index (χ4n) is 3.89. The first-order chi connectivity index (χ1) is 12.0. The van der Waals surface area contributed by atoms with E-state index in [0.717, 1.165) is 23.4 Å². The molecule has 6 nitrogen and oxygen atoms in total. The van der Waals surface area contributed by atoms with Gasteiger partial charge in [-0.3, -0.25) is 4.79 Å². The lowest BCUT2D eigenvalue weighted by molar-refractivity contribution is -0.116. The minimum Gasteiger partial charge on any atom is -0.371 e. The Balaban J connectivity index is 1.43. The molecule has 3 amide bonds. The fourth-order valence-corrected chi connectivity index (χ4v) is 3.89. The van der Waals surface area contributed by atoms with Crippen LogP contribution in [0.25, 0.3) is 0 Å². The van der Waals surface area contributed by atoms with Crippen LogP contribution in [0.5, 0.6) is 0 Å². The third kappa shape index (κ3) is 3.35. The van der Waals surface area contributed by atoms with Crippen molar-refractivity contribution in [2.75, 3.05) is 29.9 Å². The molecule has 0 unspecified atom stereocenters. The number of carbonyl (C=O) groups excluding carboxylic acids is 2. The van der Waals surface area contributed by atoms with Crippen molar-refractivity contribution in [3.63, 3.8) is 0 Å². The van der Waals surface area contributed by atoms with Crippen molar-refractivity contribution < 1.29 is 14.3 Å². The summed E-state index contributed by atoms with van der Waals surface area (Å²) in [5.74, 6) is 0.680. The van der Waals surface area contributed by atoms with E-state index in [1.54, 1.807) is 11.8 Å². The van der Waals surface area contributed by atoms with Gasteiger partial charge in [-0.2, -0.15) is 0 Å². The Bertz CT molecular complexity index is 701. The molecule has 1 aromatic carbocycles. The first kappa shape index (κ1) is 16.4. The van der Waals surface area contributed by atoms with E-state index in [9.17, 15) is 9.59 Å². The van der Waals surface area contributed by atoms with Crippen molar-refractivity contribution in [2.45, 2.75) is 45.3 Å². The number of hydrogen-bond donors (Lipinski definition) is 1. The van der Waals surface area contributed by atoms with Gasteiger partial charge in [-0.1, -0.05) is 0 Å². The van der Waals surface area contributed by atoms with E-state index in [1.807, 2.05) is 30.0 Å². The minimum absolute atomic E-state index is 0.0592. The molecule has 0 spiro atoms. The van der Waals surface area contributed by atoms with Crippen LogP contribution in [-0.2, 0) is 16.0 Å². The molecule has 4 rings (SSSR count). The molecule has 0 bridgehead atoms. The number of nitrogens with zero attached hydrogens (tertiary/aromatic N) is 2. The number of rotatable bonds is 2. The third-order valence-electron chi connectivity index (χ3n) is 5.33. The van der Waals surface area contributed by atoms with Crippen LogP contribution in [0.3, 0.4) is 0 Å². The maximum absolute atomic E-state index is 12.7. The normalized spacial score (nSPS) is 25.7. The van der Waals surface area contributed by atoms with Gasteiger partial charge < -0.3 is 19.9 Å². The summed E-state index contributed by atoms with van der Waals surface area (Å²) in [6.07, 6.45) is 3.51. The Morgan fingerprint density at radius 1 is 1.24 bits per heavy atom. The van der Waals surface area contributed by atoms with E-state index < -0.39 is 0 Å². The van der Waals surface area contributed by atoms with Crippen LogP contribution in [0, 0.1) is 5.92 Å². The van der Waals surface area contributed by atoms with Gasteiger partial charge in [0.25, 0.3) is 0 Å². The fraction of sp³-hybridized carbons (Fsp3) is 0.579. The maximum atomic E-state index is 12.7. The zero-order chi connectivity index (χ0) is 17.6. The molecule has 1 saturated heterocycles. The van der Waals surface area contributed by atoms with E-state index in [1.165, 1.54) is 12.8 Å². The van der Waals surface area contributed by atoms with Crippen LogP contribution in [0.1, 0.15) is 32.3 Å². The summed E-state index contributed by atoms with van der Waals surface area (Å²) in [7, 11) is 0. The van der Waals surface area contributed by atoms with Crippen molar-refractivity contribution in [3.8, 4) is 0 Å². The zero-order valence-corrected chi connectivity index (χ0v) is 14.8. The number of anilines is 2. The summed E-state index contributed by atoms with van der Waals surface area (Å²) >= 11 is 0. The summed E-state index contributed by atoms with van der Waals surface area (Å²) in [5.41, 5.74) is 2.86. The zero-order valence-electron chi connectivity index (χ0n) is 14.8. The predicted molar refractivity (Wildman–Crippen MR) is 95.8 cm³/mol. The molecule has 134 valence electrons. The number of ether oxygens (including phenoxy) is 1. The molecule has 3 aliphatic rings. The van der Waals surface area contributed by atoms with Crippen molar-refractivity contribution in [3.05, 3.63) is 23.8 Å².